The van der Waals surface area contributed by atoms with Gasteiger partial charge in [-0.25, -0.2) is 0 Å². The zero-order chi connectivity index (χ0) is 16.8. The van der Waals surface area contributed by atoms with E-state index in [4.69, 9.17) is 0 Å². The minimum absolute atomic E-state index is 0.0675. The summed E-state index contributed by atoms with van der Waals surface area (Å²) < 4.78 is 4.66. The molecule has 0 amide bonds. The van der Waals surface area contributed by atoms with Crippen LogP contribution in [-0.2, 0) is 9.53 Å². The third-order valence-corrected chi connectivity index (χ3v) is 5.19. The highest BCUT2D eigenvalue weighted by Gasteiger charge is 2.22. The Hall–Kier alpha value is -0.790. The van der Waals surface area contributed by atoms with Crippen molar-refractivity contribution >= 4 is 5.97 Å². The van der Waals surface area contributed by atoms with E-state index in [2.05, 4.69) is 23.8 Å². The Kier molecular flexibility index (Phi) is 12.0. The van der Waals surface area contributed by atoms with E-state index in [-0.39, 0.29) is 5.97 Å². The number of hydrogen-bond donors (Lipinski definition) is 0. The lowest BCUT2D eigenvalue weighted by molar-refractivity contribution is -0.140. The highest BCUT2D eigenvalue weighted by Crippen LogP contribution is 2.34. The smallest absolute Gasteiger partial charge is 0.305 e. The molecule has 0 saturated carbocycles. The van der Waals surface area contributed by atoms with Crippen molar-refractivity contribution in [3.8, 4) is 0 Å². The lowest BCUT2D eigenvalue weighted by Crippen LogP contribution is -2.18. The summed E-state index contributed by atoms with van der Waals surface area (Å²) in [5.74, 6) is 1.67. The van der Waals surface area contributed by atoms with Gasteiger partial charge in [0.05, 0.1) is 7.11 Å². The lowest BCUT2D eigenvalue weighted by Gasteiger charge is -2.29. The van der Waals surface area contributed by atoms with Crippen LogP contribution in [-0.4, -0.2) is 13.1 Å². The number of carbonyl (C=O) groups excluding carboxylic acids is 1. The van der Waals surface area contributed by atoms with Crippen molar-refractivity contribution in [1.29, 1.82) is 0 Å². The Bertz CT molecular complexity index is 322. The van der Waals surface area contributed by atoms with E-state index in [1.54, 1.807) is 0 Å². The average molecular weight is 323 g/mol. The van der Waals surface area contributed by atoms with Gasteiger partial charge in [0, 0.05) is 6.42 Å². The molecule has 23 heavy (non-hydrogen) atoms. The van der Waals surface area contributed by atoms with Crippen LogP contribution in [0.1, 0.15) is 96.8 Å². The first-order chi connectivity index (χ1) is 11.3. The van der Waals surface area contributed by atoms with Crippen LogP contribution >= 0.6 is 0 Å². The average Bonchev–Trinajstić information content (AvgIpc) is 2.55. The van der Waals surface area contributed by atoms with E-state index in [1.165, 1.54) is 77.7 Å². The Morgan fingerprint density at radius 2 is 1.26 bits per heavy atom. The molecule has 0 saturated heterocycles. The van der Waals surface area contributed by atoms with Crippen molar-refractivity contribution in [3.63, 3.8) is 0 Å². The predicted molar refractivity (Wildman–Crippen MR) is 98.4 cm³/mol. The van der Waals surface area contributed by atoms with Gasteiger partial charge in [0.15, 0.2) is 0 Å². The predicted octanol–water partition coefficient (Wildman–Crippen LogP) is 6.44. The Morgan fingerprint density at radius 1 is 0.783 bits per heavy atom. The highest BCUT2D eigenvalue weighted by molar-refractivity contribution is 5.68. The van der Waals surface area contributed by atoms with E-state index < -0.39 is 0 Å². The number of ether oxygens (including phenoxy) is 1. The SMILES string of the molecule is CCCCCCCCC1C=CC1CCCCCCCC(=O)OC. The van der Waals surface area contributed by atoms with Gasteiger partial charge < -0.3 is 4.74 Å². The van der Waals surface area contributed by atoms with Gasteiger partial charge in [-0.15, -0.1) is 0 Å². The topological polar surface area (TPSA) is 26.3 Å². The molecule has 0 bridgehead atoms. The molecule has 2 nitrogen and oxygen atoms in total. The number of esters is 1. The summed E-state index contributed by atoms with van der Waals surface area (Å²) in [4.78, 5) is 11.0. The van der Waals surface area contributed by atoms with E-state index in [9.17, 15) is 4.79 Å². The zero-order valence-electron chi connectivity index (χ0n) is 15.5. The lowest BCUT2D eigenvalue weighted by atomic mass is 9.76. The fourth-order valence-corrected chi connectivity index (χ4v) is 3.49. The van der Waals surface area contributed by atoms with Crippen molar-refractivity contribution < 1.29 is 9.53 Å². The number of methoxy groups -OCH3 is 1. The second kappa shape index (κ2) is 13.6. The van der Waals surface area contributed by atoms with Crippen molar-refractivity contribution in [2.75, 3.05) is 7.11 Å². The number of unbranched alkanes of at least 4 members (excludes halogenated alkanes) is 9. The molecular formula is C21H38O2. The molecule has 2 unspecified atom stereocenters. The number of rotatable bonds is 15. The van der Waals surface area contributed by atoms with E-state index >= 15 is 0 Å². The summed E-state index contributed by atoms with van der Waals surface area (Å²) in [5, 5.41) is 0. The summed E-state index contributed by atoms with van der Waals surface area (Å²) in [6, 6.07) is 0. The quantitative estimate of drug-likeness (QED) is 0.197. The Morgan fingerprint density at radius 3 is 1.74 bits per heavy atom. The van der Waals surface area contributed by atoms with Crippen molar-refractivity contribution in [1.82, 2.24) is 0 Å². The van der Waals surface area contributed by atoms with Crippen LogP contribution < -0.4 is 0 Å². The van der Waals surface area contributed by atoms with Crippen LogP contribution in [0.15, 0.2) is 12.2 Å². The van der Waals surface area contributed by atoms with Crippen LogP contribution in [0.4, 0.5) is 0 Å². The second-order valence-corrected chi connectivity index (χ2v) is 7.15. The zero-order valence-corrected chi connectivity index (χ0v) is 15.5. The molecule has 0 aromatic heterocycles. The fraction of sp³-hybridized carbons (Fsp3) is 0.857. The van der Waals surface area contributed by atoms with E-state index in [1.807, 2.05) is 0 Å². The van der Waals surface area contributed by atoms with Crippen LogP contribution in [0.3, 0.4) is 0 Å². The molecule has 134 valence electrons. The Labute approximate surface area is 144 Å². The molecule has 0 heterocycles. The second-order valence-electron chi connectivity index (χ2n) is 7.15. The first-order valence-electron chi connectivity index (χ1n) is 10.0. The normalized spacial score (nSPS) is 19.6. The van der Waals surface area contributed by atoms with Gasteiger partial charge in [-0.2, -0.15) is 0 Å². The minimum Gasteiger partial charge on any atom is -0.469 e. The van der Waals surface area contributed by atoms with Gasteiger partial charge in [-0.05, 0) is 31.1 Å². The van der Waals surface area contributed by atoms with Gasteiger partial charge in [0.25, 0.3) is 0 Å². The van der Waals surface area contributed by atoms with Crippen molar-refractivity contribution in [2.24, 2.45) is 11.8 Å². The molecule has 0 fully saturated rings. The molecule has 2 atom stereocenters. The summed E-state index contributed by atoms with van der Waals surface area (Å²) >= 11 is 0. The summed E-state index contributed by atoms with van der Waals surface area (Å²) in [6.07, 6.45) is 22.8. The summed E-state index contributed by atoms with van der Waals surface area (Å²) in [7, 11) is 1.47. The van der Waals surface area contributed by atoms with Crippen LogP contribution in [0.5, 0.6) is 0 Å². The van der Waals surface area contributed by atoms with Gasteiger partial charge >= 0.3 is 5.97 Å². The first-order valence-corrected chi connectivity index (χ1v) is 10.0. The maximum absolute atomic E-state index is 11.0. The Balaban J connectivity index is 1.88. The molecule has 1 rings (SSSR count). The molecular weight excluding hydrogens is 284 g/mol. The molecule has 0 aromatic carbocycles. The molecule has 0 N–H and O–H groups in total. The first kappa shape index (κ1) is 20.3. The number of hydrogen-bond acceptors (Lipinski definition) is 2. The number of allylic oxidation sites excluding steroid dienone is 2. The third kappa shape index (κ3) is 9.84. The van der Waals surface area contributed by atoms with E-state index in [0.29, 0.717) is 6.42 Å². The maximum Gasteiger partial charge on any atom is 0.305 e. The maximum atomic E-state index is 11.0. The largest absolute Gasteiger partial charge is 0.469 e. The molecule has 1 aliphatic rings. The van der Waals surface area contributed by atoms with E-state index in [0.717, 1.165) is 24.7 Å². The van der Waals surface area contributed by atoms with Crippen LogP contribution in [0, 0.1) is 11.8 Å². The molecule has 0 radical (unpaired) electrons. The van der Waals surface area contributed by atoms with Gasteiger partial charge in [-0.1, -0.05) is 83.3 Å². The minimum atomic E-state index is -0.0675. The molecule has 0 spiro atoms. The summed E-state index contributed by atoms with van der Waals surface area (Å²) in [5.41, 5.74) is 0. The summed E-state index contributed by atoms with van der Waals surface area (Å²) in [6.45, 7) is 2.28. The molecule has 0 aliphatic heterocycles. The van der Waals surface area contributed by atoms with Crippen molar-refractivity contribution in [3.05, 3.63) is 12.2 Å². The fourth-order valence-electron chi connectivity index (χ4n) is 3.49. The molecule has 2 heteroatoms. The standard InChI is InChI=1S/C21H38O2/c1-3-4-5-6-8-11-14-19-17-18-20(19)15-12-9-7-10-13-16-21(22)23-2/h17-20H,3-16H2,1-2H3. The van der Waals surface area contributed by atoms with Gasteiger partial charge in [0.2, 0.25) is 0 Å². The van der Waals surface area contributed by atoms with Crippen molar-refractivity contribution in [2.45, 2.75) is 96.8 Å². The number of carbonyl (C=O) groups is 1. The van der Waals surface area contributed by atoms with Gasteiger partial charge in [-0.3, -0.25) is 4.79 Å². The third-order valence-electron chi connectivity index (χ3n) is 5.19. The monoisotopic (exact) mass is 322 g/mol. The van der Waals surface area contributed by atoms with Gasteiger partial charge in [0.1, 0.15) is 0 Å². The van der Waals surface area contributed by atoms with Crippen LogP contribution in [0.2, 0.25) is 0 Å². The highest BCUT2D eigenvalue weighted by atomic mass is 16.5. The molecule has 0 aromatic rings. The molecule has 1 aliphatic carbocycles. The van der Waals surface area contributed by atoms with Crippen LogP contribution in [0.25, 0.3) is 0 Å².